The van der Waals surface area contributed by atoms with Gasteiger partial charge in [-0.05, 0) is 13.0 Å². The molecule has 0 bridgehead atoms. The first kappa shape index (κ1) is 12.3. The van der Waals surface area contributed by atoms with Gasteiger partial charge in [-0.15, -0.1) is 0 Å². The summed E-state index contributed by atoms with van der Waals surface area (Å²) in [5.41, 5.74) is -0.152. The highest BCUT2D eigenvalue weighted by atomic mass is 16.6. The Morgan fingerprint density at radius 3 is 2.94 bits per heavy atom. The van der Waals surface area contributed by atoms with Crippen molar-refractivity contribution >= 4 is 11.6 Å². The largest absolute Gasteiger partial charge is 0.484 e. The molecule has 1 aromatic rings. The van der Waals surface area contributed by atoms with E-state index < -0.39 is 23.0 Å². The minimum atomic E-state index is -0.803. The Morgan fingerprint density at radius 2 is 2.33 bits per heavy atom. The summed E-state index contributed by atoms with van der Waals surface area (Å²) in [5, 5.41) is 22.9. The van der Waals surface area contributed by atoms with Crippen molar-refractivity contribution in [2.24, 2.45) is 0 Å². The van der Waals surface area contributed by atoms with Gasteiger partial charge in [0.1, 0.15) is 6.61 Å². The predicted octanol–water partition coefficient (Wildman–Crippen LogP) is 0.466. The van der Waals surface area contributed by atoms with Gasteiger partial charge in [0.2, 0.25) is 5.75 Å². The molecule has 0 fully saturated rings. The van der Waals surface area contributed by atoms with Crippen molar-refractivity contribution in [2.75, 3.05) is 6.61 Å². The zero-order chi connectivity index (χ0) is 13.3. The van der Waals surface area contributed by atoms with E-state index in [1.54, 1.807) is 0 Å². The topological polar surface area (TPSA) is 102 Å². The Kier molecular flexibility index (Phi) is 3.15. The van der Waals surface area contributed by atoms with Gasteiger partial charge in [-0.25, -0.2) is 0 Å². The lowest BCUT2D eigenvalue weighted by Crippen LogP contribution is -2.44. The van der Waals surface area contributed by atoms with Gasteiger partial charge in [0.15, 0.2) is 0 Å². The predicted molar refractivity (Wildman–Crippen MR) is 61.5 cm³/mol. The third-order valence-corrected chi connectivity index (χ3v) is 2.74. The summed E-state index contributed by atoms with van der Waals surface area (Å²) in [6.07, 6.45) is -0.803. The molecule has 0 saturated heterocycles. The molecule has 1 amide bonds. The molecule has 96 valence electrons. The minimum Gasteiger partial charge on any atom is -0.484 e. The highest BCUT2D eigenvalue weighted by molar-refractivity contribution is 5.98. The monoisotopic (exact) mass is 252 g/mol. The molecule has 1 aliphatic heterocycles. The average Bonchev–Trinajstić information content (AvgIpc) is 2.49. The van der Waals surface area contributed by atoms with Gasteiger partial charge < -0.3 is 15.2 Å². The second-order valence-corrected chi connectivity index (χ2v) is 4.04. The number of amides is 1. The van der Waals surface area contributed by atoms with Crippen LogP contribution in [0.4, 0.5) is 5.69 Å². The van der Waals surface area contributed by atoms with Crippen molar-refractivity contribution in [3.63, 3.8) is 0 Å². The summed E-state index contributed by atoms with van der Waals surface area (Å²) >= 11 is 0. The van der Waals surface area contributed by atoms with Crippen LogP contribution in [0.25, 0.3) is 0 Å². The van der Waals surface area contributed by atoms with E-state index >= 15 is 0 Å². The normalized spacial score (nSPS) is 20.1. The average molecular weight is 252 g/mol. The Morgan fingerprint density at radius 1 is 1.61 bits per heavy atom. The number of nitrogens with one attached hydrogen (secondary N) is 1. The highest BCUT2D eigenvalue weighted by Gasteiger charge is 2.30. The number of aliphatic hydroxyl groups excluding tert-OH is 1. The summed E-state index contributed by atoms with van der Waals surface area (Å²) in [6, 6.07) is 3.55. The number of nitro groups is 1. The molecule has 7 heteroatoms. The summed E-state index contributed by atoms with van der Waals surface area (Å²) in [5.74, 6) is -0.541. The fourth-order valence-electron chi connectivity index (χ4n) is 1.72. The van der Waals surface area contributed by atoms with E-state index in [0.717, 1.165) is 0 Å². The van der Waals surface area contributed by atoms with E-state index in [0.29, 0.717) is 0 Å². The molecule has 2 atom stereocenters. The van der Waals surface area contributed by atoms with E-state index in [2.05, 4.69) is 5.32 Å². The molecule has 1 aliphatic rings. The zero-order valence-electron chi connectivity index (χ0n) is 9.62. The molecule has 0 aliphatic carbocycles. The van der Waals surface area contributed by atoms with Crippen LogP contribution in [0.15, 0.2) is 18.2 Å². The lowest BCUT2D eigenvalue weighted by molar-refractivity contribution is -0.385. The van der Waals surface area contributed by atoms with E-state index in [9.17, 15) is 20.0 Å². The van der Waals surface area contributed by atoms with Crippen molar-refractivity contribution in [2.45, 2.75) is 19.1 Å². The van der Waals surface area contributed by atoms with E-state index in [4.69, 9.17) is 4.74 Å². The number of nitrogens with zero attached hydrogens (tertiary/aromatic N) is 1. The van der Waals surface area contributed by atoms with E-state index in [1.807, 2.05) is 0 Å². The molecule has 0 radical (unpaired) electrons. The SMILES string of the molecule is C[C@H](O)C1COc2c(cccc2[N+](=O)[O-])C(=O)N1. The van der Waals surface area contributed by atoms with Crippen LogP contribution >= 0.6 is 0 Å². The Bertz CT molecular complexity index is 500. The van der Waals surface area contributed by atoms with Gasteiger partial charge in [0.25, 0.3) is 5.91 Å². The molecule has 0 saturated carbocycles. The summed E-state index contributed by atoms with van der Waals surface area (Å²) < 4.78 is 5.30. The van der Waals surface area contributed by atoms with Gasteiger partial charge in [0.05, 0.1) is 22.6 Å². The van der Waals surface area contributed by atoms with Crippen molar-refractivity contribution in [1.82, 2.24) is 5.32 Å². The second-order valence-electron chi connectivity index (χ2n) is 4.04. The number of aliphatic hydroxyl groups is 1. The van der Waals surface area contributed by atoms with Crippen LogP contribution in [-0.2, 0) is 0 Å². The first-order valence-corrected chi connectivity index (χ1v) is 5.40. The number of benzene rings is 1. The fraction of sp³-hybridized carbons (Fsp3) is 0.364. The lowest BCUT2D eigenvalue weighted by atomic mass is 10.1. The molecule has 0 aromatic heterocycles. The van der Waals surface area contributed by atoms with Crippen LogP contribution in [0, 0.1) is 10.1 Å². The number of para-hydroxylation sites is 1. The van der Waals surface area contributed by atoms with Crippen LogP contribution in [0.1, 0.15) is 17.3 Å². The number of rotatable bonds is 2. The third-order valence-electron chi connectivity index (χ3n) is 2.74. The summed E-state index contributed by atoms with van der Waals surface area (Å²) in [7, 11) is 0. The number of fused-ring (bicyclic) bond motifs is 1. The Hall–Kier alpha value is -2.15. The lowest BCUT2D eigenvalue weighted by Gasteiger charge is -2.17. The van der Waals surface area contributed by atoms with Gasteiger partial charge in [-0.1, -0.05) is 6.07 Å². The number of carbonyl (C=O) groups is 1. The first-order chi connectivity index (χ1) is 8.50. The fourth-order valence-corrected chi connectivity index (χ4v) is 1.72. The molecular formula is C11H12N2O5. The number of carbonyl (C=O) groups excluding carboxylic acids is 1. The van der Waals surface area contributed by atoms with Gasteiger partial charge >= 0.3 is 5.69 Å². The number of nitro benzene ring substituents is 1. The van der Waals surface area contributed by atoms with Crippen LogP contribution in [0.5, 0.6) is 5.75 Å². The quantitative estimate of drug-likeness (QED) is 0.588. The van der Waals surface area contributed by atoms with Crippen LogP contribution in [0.2, 0.25) is 0 Å². The molecule has 1 unspecified atom stereocenters. The van der Waals surface area contributed by atoms with E-state index in [1.165, 1.54) is 25.1 Å². The molecular weight excluding hydrogens is 240 g/mol. The minimum absolute atomic E-state index is 0.0126. The van der Waals surface area contributed by atoms with Crippen molar-refractivity contribution in [3.8, 4) is 5.75 Å². The molecule has 7 nitrogen and oxygen atoms in total. The summed E-state index contributed by atoms with van der Waals surface area (Å²) in [4.78, 5) is 22.1. The van der Waals surface area contributed by atoms with Crippen molar-refractivity contribution in [3.05, 3.63) is 33.9 Å². The van der Waals surface area contributed by atoms with Crippen LogP contribution in [0.3, 0.4) is 0 Å². The van der Waals surface area contributed by atoms with Crippen molar-refractivity contribution < 1.29 is 19.6 Å². The highest BCUT2D eigenvalue weighted by Crippen LogP contribution is 2.32. The smallest absolute Gasteiger partial charge is 0.311 e. The van der Waals surface area contributed by atoms with Gasteiger partial charge in [-0.2, -0.15) is 0 Å². The molecule has 2 N–H and O–H groups in total. The van der Waals surface area contributed by atoms with Crippen LogP contribution < -0.4 is 10.1 Å². The summed E-state index contributed by atoms with van der Waals surface area (Å²) in [6.45, 7) is 1.50. The maximum atomic E-state index is 11.9. The number of ether oxygens (including phenoxy) is 1. The maximum absolute atomic E-state index is 11.9. The Labute approximate surface area is 103 Å². The maximum Gasteiger partial charge on any atom is 0.311 e. The Balaban J connectivity index is 2.43. The molecule has 1 aromatic carbocycles. The third kappa shape index (κ3) is 2.12. The molecule has 0 spiro atoms. The molecule has 2 rings (SSSR count). The first-order valence-electron chi connectivity index (χ1n) is 5.40. The van der Waals surface area contributed by atoms with Gasteiger partial charge in [0, 0.05) is 6.07 Å². The van der Waals surface area contributed by atoms with E-state index in [-0.39, 0.29) is 23.6 Å². The molecule has 1 heterocycles. The second kappa shape index (κ2) is 4.61. The van der Waals surface area contributed by atoms with Gasteiger partial charge in [-0.3, -0.25) is 14.9 Å². The standard InChI is InChI=1S/C11H12N2O5/c1-6(14)8-5-18-10-7(11(15)12-8)3-2-4-9(10)13(16)17/h2-4,6,8,14H,5H2,1H3,(H,12,15)/t6-,8?/m0/s1. The van der Waals surface area contributed by atoms with Crippen molar-refractivity contribution in [1.29, 1.82) is 0 Å². The zero-order valence-corrected chi connectivity index (χ0v) is 9.62. The number of hydrogen-bond acceptors (Lipinski definition) is 5. The van der Waals surface area contributed by atoms with Crippen LogP contribution in [-0.4, -0.2) is 34.7 Å². The number of hydrogen-bond donors (Lipinski definition) is 2. The molecule has 18 heavy (non-hydrogen) atoms.